The van der Waals surface area contributed by atoms with Crippen LogP contribution >= 0.6 is 8.58 Å². The Morgan fingerprint density at radius 1 is 0.846 bits per heavy atom. The van der Waals surface area contributed by atoms with Gasteiger partial charge in [0.15, 0.2) is 0 Å². The molecule has 0 amide bonds. The van der Waals surface area contributed by atoms with E-state index in [-0.39, 0.29) is 0 Å². The summed E-state index contributed by atoms with van der Waals surface area (Å²) in [7, 11) is 1.34. The number of hydrogen-bond donors (Lipinski definition) is 0. The second kappa shape index (κ2) is 11.9. The summed E-state index contributed by atoms with van der Waals surface area (Å²) < 4.78 is 0. The lowest BCUT2D eigenvalue weighted by atomic mass is 10.2. The maximum Gasteiger partial charge on any atom is -0.0267 e. The van der Waals surface area contributed by atoms with Gasteiger partial charge in [0.05, 0.1) is 0 Å². The number of unbranched alkanes of at least 4 members (excludes halogenated alkanes) is 4. The van der Waals surface area contributed by atoms with Crippen molar-refractivity contribution in [1.29, 1.82) is 0 Å². The highest BCUT2D eigenvalue weighted by Crippen LogP contribution is 2.15. The minimum absolute atomic E-state index is 1.24. The monoisotopic (exact) mass is 197 g/mol. The molecule has 0 spiro atoms. The molecule has 0 heterocycles. The van der Waals surface area contributed by atoms with Gasteiger partial charge in [0.1, 0.15) is 0 Å². The van der Waals surface area contributed by atoms with Crippen LogP contribution < -0.4 is 0 Å². The van der Waals surface area contributed by atoms with E-state index in [1.54, 1.807) is 0 Å². The lowest BCUT2D eigenvalue weighted by Gasteiger charge is -1.88. The van der Waals surface area contributed by atoms with Crippen LogP contribution in [0.2, 0.25) is 0 Å². The summed E-state index contributed by atoms with van der Waals surface area (Å²) in [5.41, 5.74) is 0. The molecule has 0 aromatic carbocycles. The van der Waals surface area contributed by atoms with Crippen molar-refractivity contribution in [1.82, 2.24) is 0 Å². The Bertz CT molecular complexity index is 120. The average Bonchev–Trinajstić information content (AvgIpc) is 2.16. The fraction of sp³-hybridized carbons (Fsp3) is 0.667. The topological polar surface area (TPSA) is 0 Å². The Morgan fingerprint density at radius 2 is 1.31 bits per heavy atom. The van der Waals surface area contributed by atoms with Gasteiger partial charge in [-0.05, 0) is 21.4 Å². The number of hydrogen-bond acceptors (Lipinski definition) is 0. The van der Waals surface area contributed by atoms with E-state index in [0.717, 1.165) is 0 Å². The zero-order valence-corrected chi connectivity index (χ0v) is 9.89. The molecule has 0 saturated heterocycles. The Balaban J connectivity index is 3.13. The van der Waals surface area contributed by atoms with Gasteiger partial charge < -0.3 is 0 Å². The molecule has 0 fully saturated rings. The van der Waals surface area contributed by atoms with Crippen LogP contribution in [0.15, 0.2) is 23.8 Å². The molecule has 0 aliphatic rings. The first-order chi connectivity index (χ1) is 6.41. The Morgan fingerprint density at radius 3 is 1.69 bits per heavy atom. The Kier molecular flexibility index (Phi) is 11.8. The lowest BCUT2D eigenvalue weighted by Crippen LogP contribution is -1.65. The number of allylic oxidation sites excluding steroid dienone is 2. The van der Waals surface area contributed by atoms with Gasteiger partial charge in [-0.2, -0.15) is 0 Å². The van der Waals surface area contributed by atoms with Gasteiger partial charge in [-0.25, -0.2) is 0 Å². The van der Waals surface area contributed by atoms with E-state index in [9.17, 15) is 0 Å². The molecule has 0 aromatic rings. The third-order valence-corrected chi connectivity index (χ3v) is 2.60. The molecule has 0 bridgehead atoms. The van der Waals surface area contributed by atoms with Gasteiger partial charge in [0.25, 0.3) is 0 Å². The van der Waals surface area contributed by atoms with Crippen molar-refractivity contribution in [2.75, 3.05) is 0 Å². The van der Waals surface area contributed by atoms with Crippen molar-refractivity contribution < 1.29 is 0 Å². The molecule has 1 heteroatoms. The van der Waals surface area contributed by atoms with E-state index >= 15 is 0 Å². The summed E-state index contributed by atoms with van der Waals surface area (Å²) in [6, 6.07) is 0. The van der Waals surface area contributed by atoms with Gasteiger partial charge in [-0.15, -0.1) is 0 Å². The van der Waals surface area contributed by atoms with Crippen LogP contribution in [0.5, 0.6) is 0 Å². The van der Waals surface area contributed by atoms with Crippen molar-refractivity contribution in [3.05, 3.63) is 23.8 Å². The first kappa shape index (κ1) is 12.9. The lowest BCUT2D eigenvalue weighted by molar-refractivity contribution is 0.815. The predicted molar refractivity (Wildman–Crippen MR) is 64.3 cm³/mol. The van der Waals surface area contributed by atoms with Gasteiger partial charge >= 0.3 is 0 Å². The molecule has 13 heavy (non-hydrogen) atoms. The third kappa shape index (κ3) is 11.9. The quantitative estimate of drug-likeness (QED) is 0.364. The largest absolute Gasteiger partial charge is 0.0834 e. The Labute approximate surface area is 85.3 Å². The highest BCUT2D eigenvalue weighted by molar-refractivity contribution is 7.45. The minimum atomic E-state index is 1.24. The first-order valence-electron chi connectivity index (χ1n) is 5.41. The van der Waals surface area contributed by atoms with Crippen LogP contribution in [-0.4, -0.2) is 0 Å². The molecule has 0 N–H and O–H groups in total. The van der Waals surface area contributed by atoms with E-state index in [1.165, 1.54) is 47.1 Å². The molecular weight excluding hydrogens is 175 g/mol. The van der Waals surface area contributed by atoms with Gasteiger partial charge in [-0.1, -0.05) is 63.3 Å². The molecule has 0 unspecified atom stereocenters. The zero-order valence-electron chi connectivity index (χ0n) is 9.00. The van der Waals surface area contributed by atoms with E-state index in [2.05, 4.69) is 37.6 Å². The van der Waals surface area contributed by atoms with Crippen molar-refractivity contribution in [3.63, 3.8) is 0 Å². The smallest absolute Gasteiger partial charge is 0.0267 e. The van der Waals surface area contributed by atoms with Crippen LogP contribution in [-0.2, 0) is 0 Å². The second-order valence-electron chi connectivity index (χ2n) is 3.20. The van der Waals surface area contributed by atoms with Crippen LogP contribution in [0.3, 0.4) is 0 Å². The minimum Gasteiger partial charge on any atom is -0.0834 e. The van der Waals surface area contributed by atoms with Crippen molar-refractivity contribution >= 4 is 8.58 Å². The first-order valence-corrected chi connectivity index (χ1v) is 6.45. The summed E-state index contributed by atoms with van der Waals surface area (Å²) in [6.45, 7) is 4.46. The maximum atomic E-state index is 2.29. The summed E-state index contributed by atoms with van der Waals surface area (Å²) in [5.74, 6) is 4.50. The normalized spacial score (nSPS) is 12.8. The number of rotatable bonds is 8. The zero-order chi connectivity index (χ0) is 9.78. The van der Waals surface area contributed by atoms with Crippen molar-refractivity contribution in [3.8, 4) is 0 Å². The van der Waals surface area contributed by atoms with E-state index < -0.39 is 0 Å². The molecule has 0 aromatic heterocycles. The molecule has 1 radical (unpaired) electrons. The second-order valence-corrected chi connectivity index (χ2v) is 4.10. The third-order valence-electron chi connectivity index (χ3n) is 1.83. The van der Waals surface area contributed by atoms with E-state index in [0.29, 0.717) is 0 Å². The van der Waals surface area contributed by atoms with Crippen molar-refractivity contribution in [2.45, 2.75) is 52.4 Å². The summed E-state index contributed by atoms with van der Waals surface area (Å²) in [5, 5.41) is 0. The van der Waals surface area contributed by atoms with Crippen LogP contribution in [0, 0.1) is 0 Å². The summed E-state index contributed by atoms with van der Waals surface area (Å²) >= 11 is 0. The summed E-state index contributed by atoms with van der Waals surface area (Å²) in [4.78, 5) is 0. The van der Waals surface area contributed by atoms with Crippen LogP contribution in [0.4, 0.5) is 0 Å². The molecule has 0 rings (SSSR count). The Hall–Kier alpha value is -0.0900. The highest BCUT2D eigenvalue weighted by atomic mass is 31.1. The molecule has 0 aliphatic carbocycles. The van der Waals surface area contributed by atoms with Gasteiger partial charge in [-0.3, -0.25) is 0 Å². The maximum absolute atomic E-state index is 2.29. The van der Waals surface area contributed by atoms with Crippen LogP contribution in [0.25, 0.3) is 0 Å². The molecule has 0 saturated carbocycles. The molecule has 0 nitrogen and oxygen atoms in total. The fourth-order valence-corrected chi connectivity index (χ4v) is 1.61. The van der Waals surface area contributed by atoms with Crippen LogP contribution in [0.1, 0.15) is 52.4 Å². The van der Waals surface area contributed by atoms with Crippen molar-refractivity contribution in [2.24, 2.45) is 0 Å². The summed E-state index contributed by atoms with van der Waals surface area (Å²) in [6.07, 6.45) is 12.3. The molecular formula is C12H22P. The fourth-order valence-electron chi connectivity index (χ4n) is 0.964. The molecule has 75 valence electrons. The standard InChI is InChI=1S/C12H22P/c1-3-5-7-9-11-13-12-10-8-6-4-2/h9-12H,3-8H2,1-2H3. The molecule has 0 atom stereocenters. The van der Waals surface area contributed by atoms with E-state index in [1.807, 2.05) is 0 Å². The molecule has 0 aliphatic heterocycles. The van der Waals surface area contributed by atoms with E-state index in [4.69, 9.17) is 0 Å². The average molecular weight is 197 g/mol. The predicted octanol–water partition coefficient (Wildman–Crippen LogP) is 5.34. The highest BCUT2D eigenvalue weighted by Gasteiger charge is 1.79. The van der Waals surface area contributed by atoms with Gasteiger partial charge in [0.2, 0.25) is 0 Å². The van der Waals surface area contributed by atoms with Gasteiger partial charge in [0, 0.05) is 0 Å². The SMILES string of the molecule is CCCCC=C[P]C=CCCCC.